The van der Waals surface area contributed by atoms with Crippen molar-refractivity contribution in [3.05, 3.63) is 104 Å². The van der Waals surface area contributed by atoms with E-state index < -0.39 is 34.0 Å². The maximum atomic E-state index is 15.8. The van der Waals surface area contributed by atoms with Gasteiger partial charge in [0.25, 0.3) is 0 Å². The highest BCUT2D eigenvalue weighted by Gasteiger charge is 2.52. The van der Waals surface area contributed by atoms with E-state index in [-0.39, 0.29) is 35.5 Å². The van der Waals surface area contributed by atoms with E-state index in [1.54, 1.807) is 18.2 Å². The van der Waals surface area contributed by atoms with Gasteiger partial charge in [-0.3, -0.25) is 0 Å². The monoisotopic (exact) mass is 899 g/mol. The molecule has 64 heavy (non-hydrogen) atoms. The Labute approximate surface area is 387 Å². The molecule has 0 aromatic heterocycles. The van der Waals surface area contributed by atoms with Gasteiger partial charge in [0.1, 0.15) is 0 Å². The van der Waals surface area contributed by atoms with Crippen molar-refractivity contribution in [1.29, 1.82) is 0 Å². The lowest BCUT2D eigenvalue weighted by molar-refractivity contribution is -0.222. The first-order chi connectivity index (χ1) is 28.6. The van der Waals surface area contributed by atoms with Gasteiger partial charge in [-0.1, -0.05) is 187 Å². The summed E-state index contributed by atoms with van der Waals surface area (Å²) < 4.78 is 91.4. The van der Waals surface area contributed by atoms with E-state index in [0.717, 1.165) is 24.8 Å². The van der Waals surface area contributed by atoms with Crippen molar-refractivity contribution in [3.8, 4) is 0 Å². The lowest BCUT2D eigenvalue weighted by Gasteiger charge is -2.39. The molecule has 0 nitrogen and oxygen atoms in total. The Morgan fingerprint density at radius 1 is 0.422 bits per heavy atom. The van der Waals surface area contributed by atoms with Crippen LogP contribution < -0.4 is 0 Å². The Morgan fingerprint density at radius 2 is 0.812 bits per heavy atom. The van der Waals surface area contributed by atoms with E-state index in [0.29, 0.717) is 47.8 Å². The summed E-state index contributed by atoms with van der Waals surface area (Å²) in [4.78, 5) is 0. The molecule has 1 unspecified atom stereocenters. The van der Waals surface area contributed by atoms with Crippen LogP contribution in [0.15, 0.2) is 48.5 Å². The van der Waals surface area contributed by atoms with E-state index in [9.17, 15) is 13.2 Å². The maximum Gasteiger partial charge on any atom is 0.394 e. The summed E-state index contributed by atoms with van der Waals surface area (Å²) in [6.45, 7) is 40.8. The summed E-state index contributed by atoms with van der Waals surface area (Å²) in [5.74, 6) is 0.801. The van der Waals surface area contributed by atoms with Crippen molar-refractivity contribution >= 4 is 0 Å². The number of hydrogen-bond acceptors (Lipinski definition) is 0. The molecule has 0 radical (unpaired) electrons. The molecule has 0 aliphatic heterocycles. The minimum atomic E-state index is -4.56. The second-order valence-electron chi connectivity index (χ2n) is 26.3. The standard InChI is InChI=1S/C58H88F6/c1-38(2)29-45-31-40(32-46(30-39(3)4)48(45)52(11,12)13)33-54(16,17)49-43(36-55(18,19)57(59,60)61)25-22-26-44(49)37-56(20,58(62,63)64)28-27-53(14,15)35-42-24-21-23-41(34-50(5,6)7)47(42)51(8,9)10/h21-26,31-32,38-39H,27-30,33-37H2,1-20H3. The molecule has 0 fully saturated rings. The normalized spacial score (nSPS) is 15.1. The molecule has 3 aromatic rings. The molecule has 3 rings (SSSR count). The SMILES string of the molecule is CC(C)Cc1cc(CC(C)(C)c2c(CC(C)(C)C(F)(F)F)cccc2CC(C)(CCC(C)(C)Cc2cccc(CC(C)(C)C)c2C(C)(C)C)C(F)(F)F)cc(CC(C)C)c1C(C)(C)C. The van der Waals surface area contributed by atoms with Crippen LogP contribution in [0.25, 0.3) is 0 Å². The second-order valence-corrected chi connectivity index (χ2v) is 26.3. The zero-order valence-corrected chi connectivity index (χ0v) is 43.9. The topological polar surface area (TPSA) is 0 Å². The van der Waals surface area contributed by atoms with Gasteiger partial charge in [0.15, 0.2) is 0 Å². The fourth-order valence-corrected chi connectivity index (χ4v) is 10.6. The van der Waals surface area contributed by atoms with Crippen LogP contribution in [0.5, 0.6) is 0 Å². The van der Waals surface area contributed by atoms with Crippen LogP contribution in [0.2, 0.25) is 0 Å². The van der Waals surface area contributed by atoms with Crippen LogP contribution in [0.4, 0.5) is 26.3 Å². The van der Waals surface area contributed by atoms with Crippen LogP contribution in [0.3, 0.4) is 0 Å². The molecule has 0 aliphatic rings. The Kier molecular flexibility index (Phi) is 16.9. The molecule has 0 saturated carbocycles. The Hall–Kier alpha value is -2.76. The molecule has 0 spiro atoms. The molecule has 0 amide bonds. The number of alkyl halides is 6. The molecule has 1 atom stereocenters. The van der Waals surface area contributed by atoms with E-state index in [2.05, 4.69) is 134 Å². The smallest absolute Gasteiger partial charge is 0.171 e. The van der Waals surface area contributed by atoms with Crippen molar-refractivity contribution in [2.24, 2.45) is 33.5 Å². The minimum Gasteiger partial charge on any atom is -0.171 e. The largest absolute Gasteiger partial charge is 0.394 e. The Bertz CT molecular complexity index is 1980. The molecular weight excluding hydrogens is 811 g/mol. The molecule has 3 aromatic carbocycles. The van der Waals surface area contributed by atoms with E-state index in [4.69, 9.17) is 0 Å². The number of halogens is 6. The van der Waals surface area contributed by atoms with Gasteiger partial charge >= 0.3 is 12.4 Å². The van der Waals surface area contributed by atoms with Crippen molar-refractivity contribution in [2.45, 2.75) is 225 Å². The molecule has 0 N–H and O–H groups in total. The lowest BCUT2D eigenvalue weighted by Crippen LogP contribution is -2.40. The zero-order chi connectivity index (χ0) is 49.4. The summed E-state index contributed by atoms with van der Waals surface area (Å²) in [6.07, 6.45) is -5.72. The van der Waals surface area contributed by atoms with E-state index in [1.807, 2.05) is 13.8 Å². The minimum absolute atomic E-state index is 0.0696. The summed E-state index contributed by atoms with van der Waals surface area (Å²) in [6, 6.07) is 16.1. The van der Waals surface area contributed by atoms with Gasteiger partial charge in [0, 0.05) is 0 Å². The second kappa shape index (κ2) is 19.5. The third-order valence-corrected chi connectivity index (χ3v) is 13.3. The number of rotatable bonds is 17. The highest BCUT2D eigenvalue weighted by atomic mass is 19.4. The third kappa shape index (κ3) is 14.6. The van der Waals surface area contributed by atoms with Crippen molar-refractivity contribution in [3.63, 3.8) is 0 Å². The van der Waals surface area contributed by atoms with Crippen LogP contribution >= 0.6 is 0 Å². The summed E-state index contributed by atoms with van der Waals surface area (Å²) in [5.41, 5.74) is 4.63. The highest BCUT2D eigenvalue weighted by Crippen LogP contribution is 2.50. The molecule has 0 aliphatic carbocycles. The fraction of sp³-hybridized carbons (Fsp3) is 0.690. The van der Waals surface area contributed by atoms with Crippen LogP contribution in [0.1, 0.15) is 207 Å². The van der Waals surface area contributed by atoms with Gasteiger partial charge in [0.05, 0.1) is 10.8 Å². The lowest BCUT2D eigenvalue weighted by atomic mass is 9.67. The van der Waals surface area contributed by atoms with Crippen molar-refractivity contribution in [2.75, 3.05) is 0 Å². The van der Waals surface area contributed by atoms with Crippen molar-refractivity contribution < 1.29 is 26.3 Å². The van der Waals surface area contributed by atoms with Gasteiger partial charge in [-0.2, -0.15) is 26.3 Å². The summed E-state index contributed by atoms with van der Waals surface area (Å²) in [7, 11) is 0. The quantitative estimate of drug-likeness (QED) is 0.118. The van der Waals surface area contributed by atoms with Crippen molar-refractivity contribution in [1.82, 2.24) is 0 Å². The van der Waals surface area contributed by atoms with Gasteiger partial charge in [0.2, 0.25) is 0 Å². The van der Waals surface area contributed by atoms with Gasteiger partial charge < -0.3 is 0 Å². The summed E-state index contributed by atoms with van der Waals surface area (Å²) >= 11 is 0. The molecule has 362 valence electrons. The van der Waals surface area contributed by atoms with Crippen LogP contribution in [-0.2, 0) is 61.2 Å². The molecule has 0 saturated heterocycles. The summed E-state index contributed by atoms with van der Waals surface area (Å²) in [5, 5.41) is 0. The average Bonchev–Trinajstić information content (AvgIpc) is 3.03. The maximum absolute atomic E-state index is 15.8. The van der Waals surface area contributed by atoms with Gasteiger partial charge in [-0.05, 0) is 152 Å². The van der Waals surface area contributed by atoms with E-state index in [1.165, 1.54) is 54.2 Å². The van der Waals surface area contributed by atoms with Crippen LogP contribution in [0, 0.1) is 33.5 Å². The Morgan fingerprint density at radius 3 is 1.19 bits per heavy atom. The first-order valence-electron chi connectivity index (χ1n) is 24.1. The van der Waals surface area contributed by atoms with Crippen LogP contribution in [-0.4, -0.2) is 12.4 Å². The number of hydrogen-bond donors (Lipinski definition) is 0. The average molecular weight is 899 g/mol. The first-order valence-corrected chi connectivity index (χ1v) is 24.1. The fourth-order valence-electron chi connectivity index (χ4n) is 10.6. The predicted octanol–water partition coefficient (Wildman–Crippen LogP) is 18.1. The van der Waals surface area contributed by atoms with Gasteiger partial charge in [-0.25, -0.2) is 0 Å². The molecule has 0 bridgehead atoms. The Balaban J connectivity index is 2.23. The van der Waals surface area contributed by atoms with Gasteiger partial charge in [-0.15, -0.1) is 0 Å². The zero-order valence-electron chi connectivity index (χ0n) is 43.9. The molecular formula is C58H88F6. The third-order valence-electron chi connectivity index (χ3n) is 13.3. The van der Waals surface area contributed by atoms with E-state index >= 15 is 13.2 Å². The molecule has 0 heterocycles. The molecule has 6 heteroatoms. The first kappa shape index (κ1) is 55.6. The highest BCUT2D eigenvalue weighted by molar-refractivity contribution is 5.48. The number of benzene rings is 3. The predicted molar refractivity (Wildman–Crippen MR) is 262 cm³/mol.